The number of carbonyl (C=O) groups is 1. The van der Waals surface area contributed by atoms with Crippen LogP contribution >= 0.6 is 11.6 Å². The number of likely N-dealkylation sites (tertiary alicyclic amines) is 1. The van der Waals surface area contributed by atoms with E-state index in [1.807, 2.05) is 54.6 Å². The number of hydrogen-bond acceptors (Lipinski definition) is 6. The van der Waals surface area contributed by atoms with E-state index in [1.165, 1.54) is 0 Å². The Morgan fingerprint density at radius 1 is 1.00 bits per heavy atom. The van der Waals surface area contributed by atoms with Gasteiger partial charge in [0.15, 0.2) is 11.5 Å². The third-order valence-electron chi connectivity index (χ3n) is 6.68. The first-order chi connectivity index (χ1) is 17.9. The van der Waals surface area contributed by atoms with Gasteiger partial charge in [0, 0.05) is 17.1 Å². The molecule has 2 atom stereocenters. The zero-order valence-electron chi connectivity index (χ0n) is 21.3. The highest BCUT2D eigenvalue weighted by molar-refractivity contribution is 6.30. The maximum absolute atomic E-state index is 11.9. The highest BCUT2D eigenvalue weighted by atomic mass is 35.5. The Bertz CT molecular complexity index is 1190. The summed E-state index contributed by atoms with van der Waals surface area (Å²) in [4.78, 5) is 14.0. The van der Waals surface area contributed by atoms with Gasteiger partial charge in [0.05, 0.1) is 33.3 Å². The van der Waals surface area contributed by atoms with Crippen LogP contribution in [-0.4, -0.2) is 50.4 Å². The van der Waals surface area contributed by atoms with Gasteiger partial charge in [0.1, 0.15) is 12.4 Å². The van der Waals surface area contributed by atoms with Crippen molar-refractivity contribution in [1.82, 2.24) is 4.90 Å². The molecule has 2 unspecified atom stereocenters. The van der Waals surface area contributed by atoms with Crippen LogP contribution in [0, 0.1) is 5.92 Å². The number of halogens is 1. The van der Waals surface area contributed by atoms with Gasteiger partial charge in [0.25, 0.3) is 0 Å². The summed E-state index contributed by atoms with van der Waals surface area (Å²) in [7, 11) is 4.79. The summed E-state index contributed by atoms with van der Waals surface area (Å²) < 4.78 is 23.4. The summed E-state index contributed by atoms with van der Waals surface area (Å²) in [6, 6.07) is 18.8. The van der Waals surface area contributed by atoms with Crippen LogP contribution in [0.1, 0.15) is 35.6 Å². The van der Waals surface area contributed by atoms with Crippen LogP contribution in [0.3, 0.4) is 0 Å². The second-order valence-electron chi connectivity index (χ2n) is 8.99. The normalized spacial score (nSPS) is 16.6. The number of ether oxygens (including phenoxy) is 4. The van der Waals surface area contributed by atoms with Gasteiger partial charge in [0.2, 0.25) is 5.75 Å². The van der Waals surface area contributed by atoms with E-state index in [2.05, 4.69) is 4.90 Å². The number of nitrogens with zero attached hydrogens (tertiary/aromatic N) is 1. The van der Waals surface area contributed by atoms with Crippen molar-refractivity contribution < 1.29 is 28.8 Å². The first-order valence-corrected chi connectivity index (χ1v) is 12.6. The quantitative estimate of drug-likeness (QED) is 0.357. The second-order valence-corrected chi connectivity index (χ2v) is 9.43. The van der Waals surface area contributed by atoms with E-state index < -0.39 is 11.9 Å². The monoisotopic (exact) mass is 525 g/mol. The number of piperidine rings is 1. The van der Waals surface area contributed by atoms with Crippen molar-refractivity contribution in [3.8, 4) is 23.0 Å². The molecule has 8 heteroatoms. The first kappa shape index (κ1) is 26.6. The van der Waals surface area contributed by atoms with Crippen LogP contribution in [0.4, 0.5) is 0 Å². The Kier molecular flexibility index (Phi) is 8.79. The lowest BCUT2D eigenvalue weighted by molar-refractivity contribution is -0.143. The minimum atomic E-state index is -0.790. The number of aliphatic carboxylic acids is 1. The van der Waals surface area contributed by atoms with Gasteiger partial charge in [-0.25, -0.2) is 0 Å². The van der Waals surface area contributed by atoms with E-state index in [9.17, 15) is 9.90 Å². The van der Waals surface area contributed by atoms with Crippen molar-refractivity contribution in [2.24, 2.45) is 5.92 Å². The molecule has 1 N–H and O–H groups in total. The van der Waals surface area contributed by atoms with E-state index in [-0.39, 0.29) is 6.04 Å². The highest BCUT2D eigenvalue weighted by Gasteiger charge is 2.34. The third-order valence-corrected chi connectivity index (χ3v) is 6.91. The summed E-state index contributed by atoms with van der Waals surface area (Å²) in [6.07, 6.45) is 1.41. The molecule has 0 saturated carbocycles. The molecule has 1 aliphatic rings. The van der Waals surface area contributed by atoms with Crippen molar-refractivity contribution in [1.29, 1.82) is 0 Å². The topological polar surface area (TPSA) is 77.5 Å². The molecule has 4 rings (SSSR count). The molecule has 0 spiro atoms. The molecule has 0 aromatic heterocycles. The second kappa shape index (κ2) is 12.2. The van der Waals surface area contributed by atoms with Gasteiger partial charge in [-0.2, -0.15) is 0 Å². The zero-order chi connectivity index (χ0) is 26.4. The molecule has 3 aromatic rings. The fraction of sp³-hybridized carbons (Fsp3) is 0.345. The van der Waals surface area contributed by atoms with Crippen molar-refractivity contribution in [3.63, 3.8) is 0 Å². The molecule has 37 heavy (non-hydrogen) atoms. The van der Waals surface area contributed by atoms with E-state index in [0.717, 1.165) is 29.7 Å². The maximum atomic E-state index is 11.9. The first-order valence-electron chi connectivity index (χ1n) is 12.2. The van der Waals surface area contributed by atoms with Crippen LogP contribution in [0.5, 0.6) is 23.0 Å². The largest absolute Gasteiger partial charge is 0.496 e. The van der Waals surface area contributed by atoms with Crippen molar-refractivity contribution >= 4 is 17.6 Å². The number of benzene rings is 3. The average molecular weight is 526 g/mol. The molecular formula is C29H32ClNO6. The fourth-order valence-electron chi connectivity index (χ4n) is 4.88. The SMILES string of the molecule is COc1ccc(Cl)cc1C(c1cc(OC)c(OCc2ccccc2)c(OC)c1)N1CCCC(C(=O)O)C1. The van der Waals surface area contributed by atoms with Gasteiger partial charge < -0.3 is 24.1 Å². The highest BCUT2D eigenvalue weighted by Crippen LogP contribution is 2.45. The molecule has 0 amide bonds. The van der Waals surface area contributed by atoms with Crippen molar-refractivity contribution in [3.05, 3.63) is 82.4 Å². The molecule has 0 bridgehead atoms. The Balaban J connectivity index is 1.80. The predicted molar refractivity (Wildman–Crippen MR) is 142 cm³/mol. The molecule has 0 aliphatic carbocycles. The minimum absolute atomic E-state index is 0.346. The molecule has 1 fully saturated rings. The zero-order valence-corrected chi connectivity index (χ0v) is 22.0. The van der Waals surface area contributed by atoms with Crippen LogP contribution in [0.15, 0.2) is 60.7 Å². The van der Waals surface area contributed by atoms with Crippen LogP contribution in [-0.2, 0) is 11.4 Å². The summed E-state index contributed by atoms with van der Waals surface area (Å²) >= 11 is 6.43. The lowest BCUT2D eigenvalue weighted by atomic mass is 9.90. The molecule has 7 nitrogen and oxygen atoms in total. The number of carboxylic acids is 1. The molecule has 196 valence electrons. The van der Waals surface area contributed by atoms with Gasteiger partial charge in [-0.05, 0) is 60.8 Å². The van der Waals surface area contributed by atoms with Gasteiger partial charge in [-0.1, -0.05) is 41.9 Å². The summed E-state index contributed by atoms with van der Waals surface area (Å²) in [5, 5.41) is 10.3. The van der Waals surface area contributed by atoms with E-state index in [0.29, 0.717) is 47.6 Å². The Morgan fingerprint density at radius 2 is 1.68 bits per heavy atom. The lowest BCUT2D eigenvalue weighted by Crippen LogP contribution is -2.41. The summed E-state index contributed by atoms with van der Waals surface area (Å²) in [5.74, 6) is 0.942. The number of rotatable bonds is 10. The fourth-order valence-corrected chi connectivity index (χ4v) is 5.06. The summed E-state index contributed by atoms with van der Waals surface area (Å²) in [5.41, 5.74) is 2.71. The van der Waals surface area contributed by atoms with Gasteiger partial charge >= 0.3 is 5.97 Å². The maximum Gasteiger partial charge on any atom is 0.307 e. The van der Waals surface area contributed by atoms with Gasteiger partial charge in [-0.15, -0.1) is 0 Å². The minimum Gasteiger partial charge on any atom is -0.496 e. The lowest BCUT2D eigenvalue weighted by Gasteiger charge is -2.38. The smallest absolute Gasteiger partial charge is 0.307 e. The number of hydrogen-bond donors (Lipinski definition) is 1. The molecule has 0 radical (unpaired) electrons. The van der Waals surface area contributed by atoms with E-state index in [4.69, 9.17) is 30.5 Å². The van der Waals surface area contributed by atoms with Crippen molar-refractivity contribution in [2.75, 3.05) is 34.4 Å². The molecule has 1 saturated heterocycles. The standard InChI is InChI=1S/C29H32ClNO6/c1-34-24-12-11-22(30)16-23(24)27(31-13-7-10-20(17-31)29(32)33)21-14-25(35-2)28(26(15-21)36-3)37-18-19-8-5-4-6-9-19/h4-6,8-9,11-12,14-16,20,27H,7,10,13,17-18H2,1-3H3,(H,32,33). The number of methoxy groups -OCH3 is 3. The predicted octanol–water partition coefficient (Wildman–Crippen LogP) is 5.83. The van der Waals surface area contributed by atoms with Crippen LogP contribution < -0.4 is 18.9 Å². The third kappa shape index (κ3) is 6.12. The van der Waals surface area contributed by atoms with Crippen LogP contribution in [0.25, 0.3) is 0 Å². The Labute approximate surface area is 222 Å². The average Bonchev–Trinajstić information content (AvgIpc) is 2.92. The molecule has 3 aromatic carbocycles. The molecular weight excluding hydrogens is 494 g/mol. The van der Waals surface area contributed by atoms with E-state index >= 15 is 0 Å². The molecule has 1 heterocycles. The van der Waals surface area contributed by atoms with E-state index in [1.54, 1.807) is 27.4 Å². The van der Waals surface area contributed by atoms with Crippen molar-refractivity contribution in [2.45, 2.75) is 25.5 Å². The Morgan fingerprint density at radius 3 is 2.30 bits per heavy atom. The number of carboxylic acid groups (broad SMARTS) is 1. The van der Waals surface area contributed by atoms with Gasteiger partial charge in [-0.3, -0.25) is 9.69 Å². The van der Waals surface area contributed by atoms with Crippen LogP contribution in [0.2, 0.25) is 5.02 Å². The Hall–Kier alpha value is -3.42. The molecule has 1 aliphatic heterocycles. The summed E-state index contributed by atoms with van der Waals surface area (Å²) in [6.45, 7) is 1.47.